The molecule has 6 nitrogen and oxygen atoms in total. The molecule has 2 atom stereocenters. The van der Waals surface area contributed by atoms with Crippen LogP contribution in [0.25, 0.3) is 0 Å². The number of nitrogens with one attached hydrogen (secondary N) is 1. The van der Waals surface area contributed by atoms with E-state index in [4.69, 9.17) is 9.84 Å². The number of aliphatic hydroxyl groups excluding tert-OH is 1. The molecule has 1 amide bonds. The van der Waals surface area contributed by atoms with Crippen molar-refractivity contribution in [1.82, 2.24) is 5.32 Å². The van der Waals surface area contributed by atoms with Gasteiger partial charge in [0.25, 0.3) is 0 Å². The van der Waals surface area contributed by atoms with Gasteiger partial charge >= 0.3 is 12.1 Å². The van der Waals surface area contributed by atoms with Gasteiger partial charge in [0.1, 0.15) is 5.60 Å². The first-order chi connectivity index (χ1) is 9.69. The topological polar surface area (TPSA) is 95.9 Å². The van der Waals surface area contributed by atoms with E-state index < -0.39 is 29.8 Å². The number of aliphatic carboxylic acids is 1. The molecule has 6 heteroatoms. The van der Waals surface area contributed by atoms with Crippen molar-refractivity contribution in [2.45, 2.75) is 77.0 Å². The highest BCUT2D eigenvalue weighted by atomic mass is 16.6. The van der Waals surface area contributed by atoms with Crippen LogP contribution in [-0.4, -0.2) is 40.0 Å². The zero-order chi connectivity index (χ0) is 16.0. The highest BCUT2D eigenvalue weighted by Gasteiger charge is 2.31. The largest absolute Gasteiger partial charge is 0.479 e. The van der Waals surface area contributed by atoms with Crippen molar-refractivity contribution in [1.29, 1.82) is 0 Å². The third kappa shape index (κ3) is 6.80. The predicted molar refractivity (Wildman–Crippen MR) is 78.0 cm³/mol. The van der Waals surface area contributed by atoms with E-state index in [1.54, 1.807) is 20.8 Å². The molecule has 3 N–H and O–H groups in total. The van der Waals surface area contributed by atoms with Gasteiger partial charge in [-0.3, -0.25) is 0 Å². The Morgan fingerprint density at radius 1 is 1.24 bits per heavy atom. The number of alkyl carbamates (subject to hydrolysis) is 1. The van der Waals surface area contributed by atoms with Gasteiger partial charge in [0.15, 0.2) is 6.10 Å². The number of carboxylic acids is 1. The van der Waals surface area contributed by atoms with Crippen LogP contribution in [0.3, 0.4) is 0 Å². The number of carboxylic acid groups (broad SMARTS) is 1. The number of amides is 1. The Kier molecular flexibility index (Phi) is 6.45. The van der Waals surface area contributed by atoms with Gasteiger partial charge in [-0.2, -0.15) is 0 Å². The normalized spacial score (nSPS) is 19.6. The van der Waals surface area contributed by atoms with E-state index in [9.17, 15) is 14.7 Å². The molecule has 1 fully saturated rings. The van der Waals surface area contributed by atoms with E-state index in [0.717, 1.165) is 25.7 Å². The van der Waals surface area contributed by atoms with Crippen LogP contribution in [0.2, 0.25) is 0 Å². The molecule has 1 rings (SSSR count). The Morgan fingerprint density at radius 3 is 2.29 bits per heavy atom. The van der Waals surface area contributed by atoms with E-state index in [1.165, 1.54) is 6.42 Å². The average Bonchev–Trinajstić information content (AvgIpc) is 2.36. The molecule has 21 heavy (non-hydrogen) atoms. The van der Waals surface area contributed by atoms with E-state index in [1.807, 2.05) is 0 Å². The van der Waals surface area contributed by atoms with Gasteiger partial charge in [-0.05, 0) is 33.1 Å². The summed E-state index contributed by atoms with van der Waals surface area (Å²) in [7, 11) is 0. The lowest BCUT2D eigenvalue weighted by atomic mass is 9.83. The first-order valence-corrected chi connectivity index (χ1v) is 7.59. The minimum Gasteiger partial charge on any atom is -0.479 e. The molecular weight excluding hydrogens is 274 g/mol. The van der Waals surface area contributed by atoms with E-state index in [0.29, 0.717) is 12.3 Å². The summed E-state index contributed by atoms with van der Waals surface area (Å²) >= 11 is 0. The van der Waals surface area contributed by atoms with Gasteiger partial charge in [-0.1, -0.05) is 32.1 Å². The van der Waals surface area contributed by atoms with Gasteiger partial charge in [-0.25, -0.2) is 9.59 Å². The number of rotatable bonds is 5. The van der Waals surface area contributed by atoms with Gasteiger partial charge in [0.05, 0.1) is 6.04 Å². The summed E-state index contributed by atoms with van der Waals surface area (Å²) in [5, 5.41) is 21.3. The van der Waals surface area contributed by atoms with Crippen molar-refractivity contribution >= 4 is 12.1 Å². The molecule has 1 unspecified atom stereocenters. The number of carbonyl (C=O) groups is 2. The molecule has 0 aromatic rings. The highest BCUT2D eigenvalue weighted by molar-refractivity contribution is 5.75. The van der Waals surface area contributed by atoms with Crippen molar-refractivity contribution < 1.29 is 24.5 Å². The minimum atomic E-state index is -1.61. The standard InChI is InChI=1S/C15H27NO5/c1-15(2,3)21-14(20)16-11(12(17)13(18)19)9-10-7-5-4-6-8-10/h10-12,17H,4-9H2,1-3H3,(H,16,20)(H,18,19)/t11-,12?/m0/s1. The zero-order valence-corrected chi connectivity index (χ0v) is 13.1. The van der Waals surface area contributed by atoms with Crippen LogP contribution in [0.15, 0.2) is 0 Å². The maximum atomic E-state index is 11.8. The molecule has 122 valence electrons. The molecule has 0 aromatic heterocycles. The first-order valence-electron chi connectivity index (χ1n) is 7.59. The number of hydrogen-bond donors (Lipinski definition) is 3. The highest BCUT2D eigenvalue weighted by Crippen LogP contribution is 2.28. The van der Waals surface area contributed by atoms with Crippen LogP contribution < -0.4 is 5.32 Å². The summed E-state index contributed by atoms with van der Waals surface area (Å²) in [6.07, 6.45) is 3.62. The molecule has 0 bridgehead atoms. The summed E-state index contributed by atoms with van der Waals surface area (Å²) in [6.45, 7) is 5.20. The van der Waals surface area contributed by atoms with E-state index in [2.05, 4.69) is 5.32 Å². The monoisotopic (exact) mass is 301 g/mol. The lowest BCUT2D eigenvalue weighted by molar-refractivity contribution is -0.148. The van der Waals surface area contributed by atoms with Gasteiger partial charge < -0.3 is 20.3 Å². The van der Waals surface area contributed by atoms with Crippen LogP contribution >= 0.6 is 0 Å². The molecule has 0 spiro atoms. The summed E-state index contributed by atoms with van der Waals surface area (Å²) in [5.41, 5.74) is -0.659. The quantitative estimate of drug-likeness (QED) is 0.724. The number of hydrogen-bond acceptors (Lipinski definition) is 4. The Balaban J connectivity index is 2.63. The molecule has 0 radical (unpaired) electrons. The van der Waals surface area contributed by atoms with E-state index >= 15 is 0 Å². The van der Waals surface area contributed by atoms with Crippen molar-refractivity contribution in [3.05, 3.63) is 0 Å². The van der Waals surface area contributed by atoms with Crippen LogP contribution in [0, 0.1) is 5.92 Å². The lowest BCUT2D eigenvalue weighted by Crippen LogP contribution is -2.49. The Labute approximate surface area is 125 Å². The molecule has 1 saturated carbocycles. The Bertz CT molecular complexity index is 358. The third-order valence-corrected chi connectivity index (χ3v) is 3.65. The second kappa shape index (κ2) is 7.64. The van der Waals surface area contributed by atoms with Crippen LogP contribution in [0.5, 0.6) is 0 Å². The van der Waals surface area contributed by atoms with Crippen molar-refractivity contribution in [3.8, 4) is 0 Å². The second-order valence-electron chi connectivity index (χ2n) is 6.78. The number of aliphatic hydroxyl groups is 1. The lowest BCUT2D eigenvalue weighted by Gasteiger charge is -2.29. The molecule has 0 saturated heterocycles. The maximum absolute atomic E-state index is 11.8. The smallest absolute Gasteiger partial charge is 0.407 e. The summed E-state index contributed by atoms with van der Waals surface area (Å²) in [4.78, 5) is 22.8. The van der Waals surface area contributed by atoms with Crippen molar-refractivity contribution in [2.24, 2.45) is 5.92 Å². The first kappa shape index (κ1) is 17.8. The summed E-state index contributed by atoms with van der Waals surface area (Å²) in [6, 6.07) is -0.819. The van der Waals surface area contributed by atoms with Gasteiger partial charge in [-0.15, -0.1) is 0 Å². The third-order valence-electron chi connectivity index (χ3n) is 3.65. The number of carbonyl (C=O) groups excluding carboxylic acids is 1. The maximum Gasteiger partial charge on any atom is 0.407 e. The molecular formula is C15H27NO5. The Morgan fingerprint density at radius 2 is 1.81 bits per heavy atom. The van der Waals surface area contributed by atoms with Gasteiger partial charge in [0.2, 0.25) is 0 Å². The molecule has 0 aliphatic heterocycles. The van der Waals surface area contributed by atoms with Crippen LogP contribution in [0.4, 0.5) is 4.79 Å². The van der Waals surface area contributed by atoms with Gasteiger partial charge in [0, 0.05) is 0 Å². The van der Waals surface area contributed by atoms with Crippen LogP contribution in [-0.2, 0) is 9.53 Å². The van der Waals surface area contributed by atoms with Crippen molar-refractivity contribution in [2.75, 3.05) is 0 Å². The molecule has 0 aromatic carbocycles. The summed E-state index contributed by atoms with van der Waals surface area (Å²) in [5.74, 6) is -0.987. The fourth-order valence-corrected chi connectivity index (χ4v) is 2.68. The minimum absolute atomic E-state index is 0.340. The molecule has 1 aliphatic carbocycles. The van der Waals surface area contributed by atoms with Crippen molar-refractivity contribution in [3.63, 3.8) is 0 Å². The van der Waals surface area contributed by atoms with Crippen LogP contribution in [0.1, 0.15) is 59.3 Å². The summed E-state index contributed by atoms with van der Waals surface area (Å²) < 4.78 is 5.13. The number of ether oxygens (including phenoxy) is 1. The zero-order valence-electron chi connectivity index (χ0n) is 13.1. The predicted octanol–water partition coefficient (Wildman–Crippen LogP) is 2.30. The molecule has 1 aliphatic rings. The molecule has 0 heterocycles. The Hall–Kier alpha value is -1.30. The second-order valence-corrected chi connectivity index (χ2v) is 6.78. The fraction of sp³-hybridized carbons (Fsp3) is 0.867. The SMILES string of the molecule is CC(C)(C)OC(=O)N[C@@H](CC1CCCCC1)C(O)C(=O)O. The average molecular weight is 301 g/mol. The fourth-order valence-electron chi connectivity index (χ4n) is 2.68. The van der Waals surface area contributed by atoms with E-state index in [-0.39, 0.29) is 0 Å².